The molecule has 0 aliphatic rings. The van der Waals surface area contributed by atoms with E-state index in [0.29, 0.717) is 6.61 Å². The Hall–Kier alpha value is -0.300. The van der Waals surface area contributed by atoms with Crippen molar-refractivity contribution in [1.29, 1.82) is 0 Å². The second-order valence-electron chi connectivity index (χ2n) is 6.02. The monoisotopic (exact) mass is 282 g/mol. The molecule has 0 aromatic rings. The van der Waals surface area contributed by atoms with Crippen molar-refractivity contribution >= 4 is 0 Å². The van der Waals surface area contributed by atoms with Crippen LogP contribution in [-0.4, -0.2) is 11.7 Å². The summed E-state index contributed by atoms with van der Waals surface area (Å²) in [6.45, 7) is 2.64. The summed E-state index contributed by atoms with van der Waals surface area (Å²) >= 11 is 0. The largest absolute Gasteiger partial charge is 0.396 e. The Morgan fingerprint density at radius 2 is 0.950 bits per heavy atom. The lowest BCUT2D eigenvalue weighted by Gasteiger charge is -2.00. The first kappa shape index (κ1) is 19.7. The zero-order valence-electron chi connectivity index (χ0n) is 13.9. The summed E-state index contributed by atoms with van der Waals surface area (Å²) in [4.78, 5) is 0. The maximum absolute atomic E-state index is 8.67. The molecule has 0 aliphatic carbocycles. The fourth-order valence-corrected chi connectivity index (χ4v) is 2.54. The van der Waals surface area contributed by atoms with E-state index in [9.17, 15) is 0 Å². The fraction of sp³-hybridized carbons (Fsp3) is 0.895. The molecule has 0 aromatic carbocycles. The molecule has 0 unspecified atom stereocenters. The van der Waals surface area contributed by atoms with Crippen LogP contribution in [0.4, 0.5) is 0 Å². The Bertz CT molecular complexity index is 186. The molecule has 0 saturated carbocycles. The van der Waals surface area contributed by atoms with Gasteiger partial charge in [0.25, 0.3) is 0 Å². The van der Waals surface area contributed by atoms with Crippen LogP contribution in [0.1, 0.15) is 103 Å². The zero-order chi connectivity index (χ0) is 14.7. The number of allylic oxidation sites excluding steroid dienone is 2. The average molecular weight is 283 g/mol. The standard InChI is InChI=1S/C19H38O/c1-2-3-4-5-6-7-8-9-10-11-12-13-14-15-16-17-18-19-20/h9-10,20H,2-8,11-19H2,1H3/b10-9+. The van der Waals surface area contributed by atoms with Gasteiger partial charge in [-0.15, -0.1) is 0 Å². The molecular weight excluding hydrogens is 244 g/mol. The lowest BCUT2D eigenvalue weighted by atomic mass is 10.1. The fourth-order valence-electron chi connectivity index (χ4n) is 2.54. The Balaban J connectivity index is 3.01. The average Bonchev–Trinajstić information content (AvgIpc) is 2.47. The molecular formula is C19H38O. The molecule has 0 aromatic heterocycles. The van der Waals surface area contributed by atoms with Crippen LogP contribution in [0.3, 0.4) is 0 Å². The lowest BCUT2D eigenvalue weighted by Crippen LogP contribution is -1.83. The minimum Gasteiger partial charge on any atom is -0.396 e. The number of unbranched alkanes of at least 4 members (excludes halogenated alkanes) is 13. The van der Waals surface area contributed by atoms with Crippen molar-refractivity contribution in [2.45, 2.75) is 103 Å². The second-order valence-corrected chi connectivity index (χ2v) is 6.02. The number of hydrogen-bond acceptors (Lipinski definition) is 1. The molecule has 20 heavy (non-hydrogen) atoms. The van der Waals surface area contributed by atoms with Crippen LogP contribution in [0.5, 0.6) is 0 Å². The number of aliphatic hydroxyl groups is 1. The molecule has 1 heteroatoms. The van der Waals surface area contributed by atoms with Crippen molar-refractivity contribution in [2.75, 3.05) is 6.61 Å². The van der Waals surface area contributed by atoms with Gasteiger partial charge in [0.15, 0.2) is 0 Å². The molecule has 0 aliphatic heterocycles. The van der Waals surface area contributed by atoms with Gasteiger partial charge >= 0.3 is 0 Å². The number of aliphatic hydroxyl groups excluding tert-OH is 1. The minimum atomic E-state index is 0.364. The Kier molecular flexibility index (Phi) is 18.4. The van der Waals surface area contributed by atoms with E-state index in [1.54, 1.807) is 0 Å². The topological polar surface area (TPSA) is 20.2 Å². The van der Waals surface area contributed by atoms with E-state index >= 15 is 0 Å². The molecule has 120 valence electrons. The van der Waals surface area contributed by atoms with Gasteiger partial charge in [-0.2, -0.15) is 0 Å². The van der Waals surface area contributed by atoms with Gasteiger partial charge in [-0.05, 0) is 32.1 Å². The van der Waals surface area contributed by atoms with E-state index in [1.165, 1.54) is 89.9 Å². The van der Waals surface area contributed by atoms with E-state index in [1.807, 2.05) is 0 Å². The normalized spacial score (nSPS) is 11.5. The zero-order valence-corrected chi connectivity index (χ0v) is 13.9. The van der Waals surface area contributed by atoms with E-state index in [2.05, 4.69) is 19.1 Å². The first-order valence-corrected chi connectivity index (χ1v) is 9.17. The predicted molar refractivity (Wildman–Crippen MR) is 91.2 cm³/mol. The lowest BCUT2D eigenvalue weighted by molar-refractivity contribution is 0.282. The summed E-state index contributed by atoms with van der Waals surface area (Å²) in [5.41, 5.74) is 0. The van der Waals surface area contributed by atoms with Crippen LogP contribution in [0, 0.1) is 0 Å². The van der Waals surface area contributed by atoms with Crippen molar-refractivity contribution in [3.05, 3.63) is 12.2 Å². The Labute approximate surface area is 127 Å². The van der Waals surface area contributed by atoms with Crippen molar-refractivity contribution in [2.24, 2.45) is 0 Å². The highest BCUT2D eigenvalue weighted by molar-refractivity contribution is 4.81. The highest BCUT2D eigenvalue weighted by atomic mass is 16.2. The van der Waals surface area contributed by atoms with Crippen LogP contribution < -0.4 is 0 Å². The molecule has 0 radical (unpaired) electrons. The van der Waals surface area contributed by atoms with Crippen LogP contribution >= 0.6 is 0 Å². The van der Waals surface area contributed by atoms with E-state index < -0.39 is 0 Å². The third-order valence-electron chi connectivity index (χ3n) is 3.92. The highest BCUT2D eigenvalue weighted by Gasteiger charge is 1.91. The van der Waals surface area contributed by atoms with Crippen LogP contribution in [0.15, 0.2) is 12.2 Å². The summed E-state index contributed by atoms with van der Waals surface area (Å²) in [6.07, 6.45) is 24.7. The summed E-state index contributed by atoms with van der Waals surface area (Å²) in [6, 6.07) is 0. The maximum atomic E-state index is 8.67. The summed E-state index contributed by atoms with van der Waals surface area (Å²) in [5, 5.41) is 8.67. The number of rotatable bonds is 16. The van der Waals surface area contributed by atoms with E-state index in [-0.39, 0.29) is 0 Å². The number of hydrogen-bond donors (Lipinski definition) is 1. The predicted octanol–water partition coefficient (Wildman–Crippen LogP) is 6.41. The van der Waals surface area contributed by atoms with Crippen LogP contribution in [0.25, 0.3) is 0 Å². The van der Waals surface area contributed by atoms with Gasteiger partial charge in [-0.1, -0.05) is 83.3 Å². The van der Waals surface area contributed by atoms with Crippen molar-refractivity contribution < 1.29 is 5.11 Å². The van der Waals surface area contributed by atoms with E-state index in [4.69, 9.17) is 5.11 Å². The molecule has 0 spiro atoms. The first-order chi connectivity index (χ1) is 9.91. The molecule has 0 amide bonds. The summed E-state index contributed by atoms with van der Waals surface area (Å²) in [5.74, 6) is 0. The van der Waals surface area contributed by atoms with E-state index in [0.717, 1.165) is 6.42 Å². The van der Waals surface area contributed by atoms with Crippen molar-refractivity contribution in [1.82, 2.24) is 0 Å². The molecule has 0 saturated heterocycles. The molecule has 0 fully saturated rings. The van der Waals surface area contributed by atoms with Gasteiger partial charge in [-0.3, -0.25) is 0 Å². The summed E-state index contributed by atoms with van der Waals surface area (Å²) < 4.78 is 0. The molecule has 0 rings (SSSR count). The third kappa shape index (κ3) is 17.7. The van der Waals surface area contributed by atoms with Gasteiger partial charge in [-0.25, -0.2) is 0 Å². The van der Waals surface area contributed by atoms with Crippen molar-refractivity contribution in [3.8, 4) is 0 Å². The molecule has 0 atom stereocenters. The maximum Gasteiger partial charge on any atom is 0.0431 e. The Morgan fingerprint density at radius 1 is 0.550 bits per heavy atom. The van der Waals surface area contributed by atoms with Crippen molar-refractivity contribution in [3.63, 3.8) is 0 Å². The van der Waals surface area contributed by atoms with Gasteiger partial charge in [0.2, 0.25) is 0 Å². The SMILES string of the molecule is CCCCCCCC/C=C/CCCCCCCCCO. The third-order valence-corrected chi connectivity index (χ3v) is 3.92. The van der Waals surface area contributed by atoms with Gasteiger partial charge in [0.05, 0.1) is 0 Å². The molecule has 1 nitrogen and oxygen atoms in total. The van der Waals surface area contributed by atoms with Gasteiger partial charge < -0.3 is 5.11 Å². The highest BCUT2D eigenvalue weighted by Crippen LogP contribution is 2.10. The van der Waals surface area contributed by atoms with Crippen LogP contribution in [-0.2, 0) is 0 Å². The summed E-state index contributed by atoms with van der Waals surface area (Å²) in [7, 11) is 0. The van der Waals surface area contributed by atoms with Crippen LogP contribution in [0.2, 0.25) is 0 Å². The quantitative estimate of drug-likeness (QED) is 0.256. The minimum absolute atomic E-state index is 0.364. The molecule has 0 bridgehead atoms. The Morgan fingerprint density at radius 3 is 1.40 bits per heavy atom. The first-order valence-electron chi connectivity index (χ1n) is 9.17. The molecule has 0 heterocycles. The second kappa shape index (κ2) is 18.7. The van der Waals surface area contributed by atoms with Gasteiger partial charge in [0.1, 0.15) is 0 Å². The smallest absolute Gasteiger partial charge is 0.0431 e. The van der Waals surface area contributed by atoms with Gasteiger partial charge in [0, 0.05) is 6.61 Å². The molecule has 1 N–H and O–H groups in total.